The predicted octanol–water partition coefficient (Wildman–Crippen LogP) is 6.97. The Kier molecular flexibility index (Phi) is 7.14. The van der Waals surface area contributed by atoms with Crippen LogP contribution < -0.4 is 4.90 Å². The first kappa shape index (κ1) is 25.5. The quantitative estimate of drug-likeness (QED) is 0.320. The van der Waals surface area contributed by atoms with Crippen LogP contribution in [0, 0.1) is 5.82 Å². The molecule has 3 aromatic rings. The Morgan fingerprint density at radius 2 is 1.92 bits per heavy atom. The SMILES string of the molecule is CC[C@@H]1C[C@H](OC(=O)c2c(-c3c(Cl)cccc3Cl)noc2C2CC2)CCN1c1cc(F)cc(C(=O)O)c1. The number of aromatic carboxylic acids is 1. The van der Waals surface area contributed by atoms with Crippen molar-refractivity contribution < 1.29 is 28.3 Å². The summed E-state index contributed by atoms with van der Waals surface area (Å²) in [5, 5.41) is 14.2. The van der Waals surface area contributed by atoms with Crippen LogP contribution in [0.4, 0.5) is 10.1 Å². The number of carbonyl (C=O) groups is 2. The van der Waals surface area contributed by atoms with Gasteiger partial charge in [0.05, 0.1) is 15.6 Å². The lowest BCUT2D eigenvalue weighted by molar-refractivity contribution is 0.0206. The minimum Gasteiger partial charge on any atom is -0.478 e. The van der Waals surface area contributed by atoms with Gasteiger partial charge >= 0.3 is 11.9 Å². The largest absolute Gasteiger partial charge is 0.478 e. The molecule has 1 aliphatic heterocycles. The van der Waals surface area contributed by atoms with Gasteiger partial charge in [0, 0.05) is 42.6 Å². The van der Waals surface area contributed by atoms with E-state index in [2.05, 4.69) is 5.16 Å². The molecule has 2 heterocycles. The van der Waals surface area contributed by atoms with E-state index in [1.807, 2.05) is 11.8 Å². The van der Waals surface area contributed by atoms with E-state index in [4.69, 9.17) is 32.5 Å². The van der Waals surface area contributed by atoms with Crippen molar-refractivity contribution in [2.45, 2.75) is 57.1 Å². The molecule has 1 aromatic heterocycles. The lowest BCUT2D eigenvalue weighted by Gasteiger charge is -2.40. The first-order valence-corrected chi connectivity index (χ1v) is 13.0. The summed E-state index contributed by atoms with van der Waals surface area (Å²) in [6, 6.07) is 8.79. The highest BCUT2D eigenvalue weighted by atomic mass is 35.5. The van der Waals surface area contributed by atoms with Gasteiger partial charge in [0.15, 0.2) is 5.76 Å². The van der Waals surface area contributed by atoms with Crippen molar-refractivity contribution in [3.8, 4) is 11.3 Å². The van der Waals surface area contributed by atoms with Gasteiger partial charge in [-0.3, -0.25) is 0 Å². The van der Waals surface area contributed by atoms with Gasteiger partial charge in [-0.2, -0.15) is 0 Å². The number of carboxylic acids is 1. The maximum Gasteiger partial charge on any atom is 0.344 e. The van der Waals surface area contributed by atoms with Crippen molar-refractivity contribution in [2.24, 2.45) is 0 Å². The van der Waals surface area contributed by atoms with E-state index in [0.29, 0.717) is 52.9 Å². The van der Waals surface area contributed by atoms with Crippen LogP contribution in [0.15, 0.2) is 40.9 Å². The average molecular weight is 547 g/mol. The van der Waals surface area contributed by atoms with E-state index in [1.54, 1.807) is 18.2 Å². The normalized spacial score (nSPS) is 19.6. The van der Waals surface area contributed by atoms with Crippen LogP contribution >= 0.6 is 23.2 Å². The summed E-state index contributed by atoms with van der Waals surface area (Å²) < 4.78 is 25.7. The van der Waals surface area contributed by atoms with Gasteiger partial charge in [-0.1, -0.05) is 41.3 Å². The molecule has 0 bridgehead atoms. The van der Waals surface area contributed by atoms with Gasteiger partial charge in [-0.25, -0.2) is 14.0 Å². The molecule has 5 rings (SSSR count). The zero-order valence-electron chi connectivity index (χ0n) is 20.0. The molecule has 0 spiro atoms. The summed E-state index contributed by atoms with van der Waals surface area (Å²) in [5.41, 5.74) is 1.34. The molecule has 37 heavy (non-hydrogen) atoms. The van der Waals surface area contributed by atoms with Gasteiger partial charge < -0.3 is 19.3 Å². The van der Waals surface area contributed by atoms with Gasteiger partial charge in [0.25, 0.3) is 0 Å². The summed E-state index contributed by atoms with van der Waals surface area (Å²) in [5.74, 6) is -1.74. The Morgan fingerprint density at radius 3 is 2.57 bits per heavy atom. The molecule has 1 saturated carbocycles. The molecule has 2 fully saturated rings. The number of ether oxygens (including phenoxy) is 1. The van der Waals surface area contributed by atoms with Crippen molar-refractivity contribution in [1.29, 1.82) is 0 Å². The Labute approximate surface area is 223 Å². The number of nitrogens with zero attached hydrogens (tertiary/aromatic N) is 2. The van der Waals surface area contributed by atoms with E-state index >= 15 is 0 Å². The van der Waals surface area contributed by atoms with Gasteiger partial charge in [0.1, 0.15) is 23.2 Å². The van der Waals surface area contributed by atoms with Crippen LogP contribution in [0.25, 0.3) is 11.3 Å². The molecule has 7 nitrogen and oxygen atoms in total. The molecular formula is C27H25Cl2FN2O5. The Bertz CT molecular complexity index is 1340. The molecule has 2 aromatic carbocycles. The Balaban J connectivity index is 1.38. The molecule has 1 N–H and O–H groups in total. The number of piperidine rings is 1. The van der Waals surface area contributed by atoms with Gasteiger partial charge in [-0.15, -0.1) is 0 Å². The highest BCUT2D eigenvalue weighted by Crippen LogP contribution is 2.46. The fourth-order valence-electron chi connectivity index (χ4n) is 4.94. The van der Waals surface area contributed by atoms with Crippen molar-refractivity contribution in [1.82, 2.24) is 5.16 Å². The standard InChI is InChI=1S/C27H25Cl2FN2O5/c1-2-17-13-19(8-9-32(17)18-11-15(26(33)34)10-16(30)12-18)36-27(35)23-24(31-37-25(23)14-6-7-14)22-20(28)4-3-5-21(22)29/h3-5,10-12,14,17,19H,2,6-9,13H2,1H3,(H,33,34)/t17-,19-/m1/s1. The monoisotopic (exact) mass is 546 g/mol. The maximum atomic E-state index is 14.1. The van der Waals surface area contributed by atoms with Crippen LogP contribution in [0.2, 0.25) is 10.0 Å². The maximum absolute atomic E-state index is 14.1. The molecule has 0 radical (unpaired) electrons. The van der Waals surface area contributed by atoms with Crippen LogP contribution in [0.3, 0.4) is 0 Å². The minimum absolute atomic E-state index is 0.0714. The van der Waals surface area contributed by atoms with Crippen molar-refractivity contribution >= 4 is 40.8 Å². The molecule has 1 saturated heterocycles. The summed E-state index contributed by atoms with van der Waals surface area (Å²) in [4.78, 5) is 26.9. The zero-order valence-corrected chi connectivity index (χ0v) is 21.6. The van der Waals surface area contributed by atoms with Crippen LogP contribution in [0.1, 0.15) is 71.4 Å². The average Bonchev–Trinajstić information content (AvgIpc) is 3.62. The summed E-state index contributed by atoms with van der Waals surface area (Å²) in [7, 11) is 0. The number of anilines is 1. The van der Waals surface area contributed by atoms with Crippen molar-refractivity contribution in [2.75, 3.05) is 11.4 Å². The number of benzene rings is 2. The second-order valence-electron chi connectivity index (χ2n) is 9.45. The van der Waals surface area contributed by atoms with E-state index < -0.39 is 23.9 Å². The summed E-state index contributed by atoms with van der Waals surface area (Å²) >= 11 is 12.8. The second-order valence-corrected chi connectivity index (χ2v) is 10.3. The van der Waals surface area contributed by atoms with Gasteiger partial charge in [-0.05, 0) is 49.6 Å². The number of carbonyl (C=O) groups excluding carboxylic acids is 1. The van der Waals surface area contributed by atoms with Crippen LogP contribution in [-0.2, 0) is 4.74 Å². The van der Waals surface area contributed by atoms with Crippen LogP contribution in [0.5, 0.6) is 0 Å². The molecule has 1 aliphatic carbocycles. The third-order valence-electron chi connectivity index (χ3n) is 6.94. The molecule has 10 heteroatoms. The summed E-state index contributed by atoms with van der Waals surface area (Å²) in [6.07, 6.45) is 3.10. The van der Waals surface area contributed by atoms with E-state index in [9.17, 15) is 19.1 Å². The lowest BCUT2D eigenvalue weighted by atomic mass is 9.96. The smallest absolute Gasteiger partial charge is 0.344 e. The second kappa shape index (κ2) is 10.3. The number of esters is 1. The van der Waals surface area contributed by atoms with Crippen molar-refractivity contribution in [3.05, 3.63) is 69.1 Å². The first-order valence-electron chi connectivity index (χ1n) is 12.2. The number of carboxylic acid groups (broad SMARTS) is 1. The van der Waals surface area contributed by atoms with Crippen LogP contribution in [-0.4, -0.2) is 40.9 Å². The number of halogens is 3. The van der Waals surface area contributed by atoms with E-state index in [1.165, 1.54) is 12.1 Å². The minimum atomic E-state index is -1.19. The Hall–Kier alpha value is -3.10. The van der Waals surface area contributed by atoms with E-state index in [0.717, 1.165) is 18.9 Å². The third-order valence-corrected chi connectivity index (χ3v) is 7.57. The highest BCUT2D eigenvalue weighted by Gasteiger charge is 2.38. The highest BCUT2D eigenvalue weighted by molar-refractivity contribution is 6.39. The first-order chi connectivity index (χ1) is 17.8. The summed E-state index contributed by atoms with van der Waals surface area (Å²) in [6.45, 7) is 2.46. The predicted molar refractivity (Wildman–Crippen MR) is 137 cm³/mol. The number of hydrogen-bond donors (Lipinski definition) is 1. The molecule has 2 aliphatic rings. The number of aromatic nitrogens is 1. The topological polar surface area (TPSA) is 92.9 Å². The molecular weight excluding hydrogens is 522 g/mol. The fourth-order valence-corrected chi connectivity index (χ4v) is 5.52. The molecule has 2 atom stereocenters. The number of rotatable bonds is 7. The Morgan fingerprint density at radius 1 is 1.19 bits per heavy atom. The number of hydrogen-bond acceptors (Lipinski definition) is 6. The van der Waals surface area contributed by atoms with Crippen molar-refractivity contribution in [3.63, 3.8) is 0 Å². The molecule has 194 valence electrons. The third kappa shape index (κ3) is 5.18. The van der Waals surface area contributed by atoms with Gasteiger partial charge in [0.2, 0.25) is 0 Å². The zero-order chi connectivity index (χ0) is 26.3. The fraction of sp³-hybridized carbons (Fsp3) is 0.370. The lowest BCUT2D eigenvalue weighted by Crippen LogP contribution is -2.45. The molecule has 0 unspecified atom stereocenters. The molecule has 0 amide bonds. The van der Waals surface area contributed by atoms with E-state index in [-0.39, 0.29) is 28.8 Å².